The van der Waals surface area contributed by atoms with Crippen molar-refractivity contribution in [1.82, 2.24) is 20.4 Å². The second kappa shape index (κ2) is 11.9. The van der Waals surface area contributed by atoms with Gasteiger partial charge in [-0.15, -0.1) is 0 Å². The fourth-order valence-electron chi connectivity index (χ4n) is 5.53. The average molecular weight is 485 g/mol. The van der Waals surface area contributed by atoms with Crippen LogP contribution in [0.3, 0.4) is 0 Å². The molecule has 1 saturated carbocycles. The van der Waals surface area contributed by atoms with E-state index < -0.39 is 0 Å². The zero-order valence-corrected chi connectivity index (χ0v) is 20.4. The van der Waals surface area contributed by atoms with E-state index in [0.29, 0.717) is 12.3 Å². The Balaban J connectivity index is 0.00000216. The molecule has 0 aromatic heterocycles. The van der Waals surface area contributed by atoms with Gasteiger partial charge in [0.1, 0.15) is 12.0 Å². The Bertz CT molecular complexity index is 910. The fraction of sp³-hybridized carbons (Fsp3) is 0.643. The summed E-state index contributed by atoms with van der Waals surface area (Å²) in [7, 11) is 2.13. The predicted octanol–water partition coefficient (Wildman–Crippen LogP) is 4.12. The number of amides is 1. The number of hydrogen-bond donors (Lipinski definition) is 4. The van der Waals surface area contributed by atoms with E-state index in [1.54, 1.807) is 0 Å². The van der Waals surface area contributed by atoms with E-state index in [1.165, 1.54) is 11.4 Å². The number of carbonyl (C=O) groups is 1. The molecule has 2 aliphatic carbocycles. The number of likely N-dealkylation sites (tertiary alicyclic amines) is 1. The Morgan fingerprint density at radius 3 is 2.60 bits per heavy atom. The van der Waals surface area contributed by atoms with E-state index >= 15 is 0 Å². The van der Waals surface area contributed by atoms with E-state index in [2.05, 4.69) is 52.6 Å². The predicted molar refractivity (Wildman–Crippen MR) is 147 cm³/mol. The summed E-state index contributed by atoms with van der Waals surface area (Å²) in [6, 6.07) is 0. The third-order valence-corrected chi connectivity index (χ3v) is 7.87. The van der Waals surface area contributed by atoms with Crippen LogP contribution in [-0.2, 0) is 4.79 Å². The van der Waals surface area contributed by atoms with Crippen LogP contribution in [-0.4, -0.2) is 60.8 Å². The minimum absolute atomic E-state index is 0. The van der Waals surface area contributed by atoms with Gasteiger partial charge in [0.25, 0.3) is 0 Å². The maximum absolute atomic E-state index is 13.2. The molecule has 1 unspecified atom stereocenters. The van der Waals surface area contributed by atoms with Crippen molar-refractivity contribution in [2.75, 3.05) is 33.2 Å². The molecular weight excluding hydrogens is 436 g/mol. The molecule has 2 aliphatic heterocycles. The number of hydrogen-bond acceptors (Lipinski definition) is 6. The van der Waals surface area contributed by atoms with Gasteiger partial charge in [-0.1, -0.05) is 32.6 Å². The quantitative estimate of drug-likeness (QED) is 0.389. The third-order valence-electron chi connectivity index (χ3n) is 7.87. The van der Waals surface area contributed by atoms with Gasteiger partial charge in [-0.25, -0.2) is 0 Å². The lowest BCUT2D eigenvalue weighted by Gasteiger charge is -2.43. The van der Waals surface area contributed by atoms with Gasteiger partial charge in [-0.05, 0) is 75.6 Å². The molecule has 2 atom stereocenters. The number of allylic oxidation sites excluding steroid dienone is 3. The fourth-order valence-corrected chi connectivity index (χ4v) is 5.53. The standard InChI is InChI=1S/C26H40N6O.2CH4/c1-4-31(3)25(21-10-15-29-23(21)28)32-16-11-22(26(17-32)12-13-26)24(33)30-14-9-19-5-7-20(8-6-19)18(2)27;;/h5,7,10,15,22-23,27,29H,4,6,8-9,11-14,16-17,28H2,1-3H3,(H,30,33);2*1H4/b25-21+,27-18?;;/t22-,23?;;/m0../s1. The molecule has 35 heavy (non-hydrogen) atoms. The molecule has 1 saturated heterocycles. The molecule has 0 aromatic carbocycles. The van der Waals surface area contributed by atoms with E-state index in [0.717, 1.165) is 69.3 Å². The highest BCUT2D eigenvalue weighted by atomic mass is 16.1. The number of rotatable bonds is 8. The Hall–Kier alpha value is -2.54. The molecule has 7 heteroatoms. The lowest BCUT2D eigenvalue weighted by molar-refractivity contribution is -0.129. The van der Waals surface area contributed by atoms with Gasteiger partial charge < -0.3 is 31.6 Å². The topological polar surface area (TPSA) is 97.5 Å². The first-order valence-corrected chi connectivity index (χ1v) is 12.4. The van der Waals surface area contributed by atoms with Crippen molar-refractivity contribution in [3.05, 3.63) is 47.0 Å². The van der Waals surface area contributed by atoms with Crippen molar-refractivity contribution < 1.29 is 4.79 Å². The zero-order chi connectivity index (χ0) is 23.6. The van der Waals surface area contributed by atoms with Crippen molar-refractivity contribution in [2.45, 2.75) is 73.4 Å². The van der Waals surface area contributed by atoms with Gasteiger partial charge in [0, 0.05) is 50.4 Å². The van der Waals surface area contributed by atoms with Crippen LogP contribution in [0, 0.1) is 16.7 Å². The molecular formula is C28H48N6O. The Kier molecular flexibility index (Phi) is 9.78. The van der Waals surface area contributed by atoms with Crippen LogP contribution in [0.1, 0.15) is 67.2 Å². The van der Waals surface area contributed by atoms with Crippen molar-refractivity contribution in [3.63, 3.8) is 0 Å². The van der Waals surface area contributed by atoms with Crippen molar-refractivity contribution in [3.8, 4) is 0 Å². The molecule has 2 heterocycles. The molecule has 1 amide bonds. The summed E-state index contributed by atoms with van der Waals surface area (Å²) in [6.07, 6.45) is 14.0. The molecule has 196 valence electrons. The molecule has 0 bridgehead atoms. The van der Waals surface area contributed by atoms with Crippen LogP contribution in [0.2, 0.25) is 0 Å². The number of nitrogens with two attached hydrogens (primary N) is 1. The SMILES string of the molecule is C.C.CCN(C)/C(=C1/C=CNC1N)N1CC[C@@H](C(=O)NCCC2=CC=C(C(C)=N)CC2)C2(CC2)C1. The van der Waals surface area contributed by atoms with Crippen LogP contribution >= 0.6 is 0 Å². The number of nitrogens with zero attached hydrogens (tertiary/aromatic N) is 2. The van der Waals surface area contributed by atoms with Gasteiger partial charge in [-0.2, -0.15) is 0 Å². The summed E-state index contributed by atoms with van der Waals surface area (Å²) in [5, 5.41) is 14.2. The van der Waals surface area contributed by atoms with Crippen molar-refractivity contribution >= 4 is 11.6 Å². The molecule has 2 fully saturated rings. The second-order valence-electron chi connectivity index (χ2n) is 10.1. The summed E-state index contributed by atoms with van der Waals surface area (Å²) in [4.78, 5) is 17.9. The highest BCUT2D eigenvalue weighted by Crippen LogP contribution is 2.56. The van der Waals surface area contributed by atoms with Crippen molar-refractivity contribution in [1.29, 1.82) is 5.41 Å². The first-order chi connectivity index (χ1) is 15.8. The maximum Gasteiger partial charge on any atom is 0.223 e. The lowest BCUT2D eigenvalue weighted by atomic mass is 9.81. The summed E-state index contributed by atoms with van der Waals surface area (Å²) >= 11 is 0. The van der Waals surface area contributed by atoms with Gasteiger partial charge in [0.15, 0.2) is 0 Å². The summed E-state index contributed by atoms with van der Waals surface area (Å²) in [5.74, 6) is 1.53. The number of carbonyl (C=O) groups excluding carboxylic acids is 1. The smallest absolute Gasteiger partial charge is 0.223 e. The average Bonchev–Trinajstić information content (AvgIpc) is 3.44. The molecule has 0 radical (unpaired) electrons. The number of piperidine rings is 1. The highest BCUT2D eigenvalue weighted by molar-refractivity contribution is 5.96. The van der Waals surface area contributed by atoms with Crippen LogP contribution < -0.4 is 16.4 Å². The van der Waals surface area contributed by atoms with Gasteiger partial charge in [0.2, 0.25) is 5.91 Å². The van der Waals surface area contributed by atoms with Crippen molar-refractivity contribution in [2.24, 2.45) is 17.1 Å². The minimum atomic E-state index is -0.173. The van der Waals surface area contributed by atoms with Gasteiger partial charge in [-0.3, -0.25) is 4.79 Å². The zero-order valence-electron chi connectivity index (χ0n) is 20.4. The van der Waals surface area contributed by atoms with Crippen LogP contribution in [0.25, 0.3) is 0 Å². The van der Waals surface area contributed by atoms with Crippen LogP contribution in [0.4, 0.5) is 0 Å². The molecule has 1 spiro atoms. The minimum Gasteiger partial charge on any atom is -0.372 e. The monoisotopic (exact) mass is 484 g/mol. The van der Waals surface area contributed by atoms with E-state index in [9.17, 15) is 4.79 Å². The van der Waals surface area contributed by atoms with E-state index in [-0.39, 0.29) is 38.3 Å². The normalized spacial score (nSPS) is 25.4. The summed E-state index contributed by atoms with van der Waals surface area (Å²) < 4.78 is 0. The number of nitrogens with one attached hydrogen (secondary N) is 3. The molecule has 5 N–H and O–H groups in total. The summed E-state index contributed by atoms with van der Waals surface area (Å²) in [5.41, 5.74) is 10.7. The summed E-state index contributed by atoms with van der Waals surface area (Å²) in [6.45, 7) is 7.43. The molecule has 4 aliphatic rings. The van der Waals surface area contributed by atoms with Crippen LogP contribution in [0.5, 0.6) is 0 Å². The maximum atomic E-state index is 13.2. The first-order valence-electron chi connectivity index (χ1n) is 12.4. The molecule has 0 aromatic rings. The van der Waals surface area contributed by atoms with Crippen LogP contribution in [0.15, 0.2) is 47.0 Å². The lowest BCUT2D eigenvalue weighted by Crippen LogP contribution is -2.50. The third kappa shape index (κ3) is 6.18. The second-order valence-corrected chi connectivity index (χ2v) is 10.1. The van der Waals surface area contributed by atoms with Gasteiger partial charge in [0.05, 0.1) is 0 Å². The van der Waals surface area contributed by atoms with E-state index in [4.69, 9.17) is 11.1 Å². The first kappa shape index (κ1) is 28.7. The van der Waals surface area contributed by atoms with Gasteiger partial charge >= 0.3 is 0 Å². The Morgan fingerprint density at radius 1 is 1.31 bits per heavy atom. The molecule has 4 rings (SSSR count). The Labute approximate surface area is 213 Å². The van der Waals surface area contributed by atoms with E-state index in [1.807, 2.05) is 13.1 Å². The highest BCUT2D eigenvalue weighted by Gasteiger charge is 2.55. The largest absolute Gasteiger partial charge is 0.372 e. The molecule has 7 nitrogen and oxygen atoms in total. The Morgan fingerprint density at radius 2 is 2.06 bits per heavy atom.